The topological polar surface area (TPSA) is 58.6 Å². The fraction of sp³-hybridized carbons (Fsp3) is 0.263. The lowest BCUT2D eigenvalue weighted by Crippen LogP contribution is -2.30. The minimum absolute atomic E-state index is 0.0263. The summed E-state index contributed by atoms with van der Waals surface area (Å²) in [5.41, 5.74) is 1.89. The van der Waals surface area contributed by atoms with E-state index in [0.29, 0.717) is 13.2 Å². The Hall–Kier alpha value is -2.82. The Balaban J connectivity index is 1.62. The lowest BCUT2D eigenvalue weighted by atomic mass is 10.1. The van der Waals surface area contributed by atoms with Gasteiger partial charge in [0.2, 0.25) is 11.8 Å². The minimum Gasteiger partial charge on any atom is -0.489 e. The molecule has 1 aliphatic heterocycles. The monoisotopic (exact) mass is 324 g/mol. The van der Waals surface area contributed by atoms with Gasteiger partial charge in [-0.3, -0.25) is 9.59 Å². The first-order valence-electron chi connectivity index (χ1n) is 7.96. The van der Waals surface area contributed by atoms with Crippen molar-refractivity contribution in [3.8, 4) is 5.75 Å². The first-order valence-corrected chi connectivity index (χ1v) is 7.96. The number of benzene rings is 2. The average Bonchev–Trinajstić information content (AvgIpc) is 3.02. The molecule has 1 aliphatic rings. The molecule has 2 aromatic rings. The minimum atomic E-state index is -0.281. The molecule has 2 amide bonds. The van der Waals surface area contributed by atoms with Crippen molar-refractivity contribution in [3.63, 3.8) is 0 Å². The Kier molecular flexibility index (Phi) is 4.79. The Bertz CT molecular complexity index is 713. The molecule has 5 heteroatoms. The summed E-state index contributed by atoms with van der Waals surface area (Å²) in [6.07, 6.45) is 0.256. The van der Waals surface area contributed by atoms with Gasteiger partial charge in [0, 0.05) is 25.7 Å². The van der Waals surface area contributed by atoms with Gasteiger partial charge in [0.25, 0.3) is 0 Å². The summed E-state index contributed by atoms with van der Waals surface area (Å²) in [4.78, 5) is 25.5. The van der Waals surface area contributed by atoms with Crippen molar-refractivity contribution < 1.29 is 14.3 Å². The van der Waals surface area contributed by atoms with E-state index in [9.17, 15) is 9.59 Å². The number of rotatable bonds is 5. The number of nitrogens with zero attached hydrogens (tertiary/aromatic N) is 1. The Morgan fingerprint density at radius 1 is 1.17 bits per heavy atom. The summed E-state index contributed by atoms with van der Waals surface area (Å²) >= 11 is 0. The summed E-state index contributed by atoms with van der Waals surface area (Å²) in [5, 5.41) is 2.60. The van der Waals surface area contributed by atoms with Crippen LogP contribution in [0.2, 0.25) is 0 Å². The van der Waals surface area contributed by atoms with E-state index in [1.807, 2.05) is 54.6 Å². The molecule has 1 fully saturated rings. The van der Waals surface area contributed by atoms with Gasteiger partial charge in [-0.05, 0) is 29.8 Å². The smallest absolute Gasteiger partial charge is 0.227 e. The van der Waals surface area contributed by atoms with E-state index in [-0.39, 0.29) is 24.2 Å². The second-order valence-corrected chi connectivity index (χ2v) is 5.79. The lowest BCUT2D eigenvalue weighted by Gasteiger charge is -2.17. The molecule has 2 aromatic carbocycles. The van der Waals surface area contributed by atoms with Crippen LogP contribution in [0.3, 0.4) is 0 Å². The van der Waals surface area contributed by atoms with Gasteiger partial charge in [-0.15, -0.1) is 0 Å². The van der Waals surface area contributed by atoms with E-state index < -0.39 is 0 Å². The molecule has 3 rings (SSSR count). The number of carbonyl (C=O) groups excluding carboxylic acids is 2. The lowest BCUT2D eigenvalue weighted by molar-refractivity contribution is -0.125. The number of amides is 2. The molecule has 0 saturated carbocycles. The first-order chi connectivity index (χ1) is 11.7. The van der Waals surface area contributed by atoms with Crippen LogP contribution in [0.15, 0.2) is 54.6 Å². The third-order valence-electron chi connectivity index (χ3n) is 4.14. The zero-order valence-corrected chi connectivity index (χ0v) is 13.6. The summed E-state index contributed by atoms with van der Waals surface area (Å²) < 4.78 is 5.75. The molecule has 0 bridgehead atoms. The third-order valence-corrected chi connectivity index (χ3v) is 4.14. The normalized spacial score (nSPS) is 17.0. The quantitative estimate of drug-likeness (QED) is 0.918. The number of carbonyl (C=O) groups is 2. The molecule has 124 valence electrons. The van der Waals surface area contributed by atoms with Crippen molar-refractivity contribution in [2.75, 3.05) is 18.5 Å². The fourth-order valence-electron chi connectivity index (χ4n) is 2.80. The highest BCUT2D eigenvalue weighted by Gasteiger charge is 2.34. The molecule has 1 heterocycles. The fourth-order valence-corrected chi connectivity index (χ4v) is 2.80. The number of hydrogen-bond acceptors (Lipinski definition) is 3. The van der Waals surface area contributed by atoms with Crippen LogP contribution in [-0.4, -0.2) is 25.4 Å². The van der Waals surface area contributed by atoms with Gasteiger partial charge >= 0.3 is 0 Å². The first kappa shape index (κ1) is 16.1. The predicted molar refractivity (Wildman–Crippen MR) is 91.7 cm³/mol. The maximum atomic E-state index is 12.1. The number of nitrogens with one attached hydrogen (secondary N) is 1. The van der Waals surface area contributed by atoms with E-state index in [4.69, 9.17) is 4.74 Å². The summed E-state index contributed by atoms with van der Waals surface area (Å²) in [5.74, 6) is 0.351. The predicted octanol–water partition coefficient (Wildman–Crippen LogP) is 2.36. The SMILES string of the molecule is CNC(=O)[C@@H]1CC(=O)N(c2ccc(OCc3ccccc3)cc2)C1. The Morgan fingerprint density at radius 3 is 2.54 bits per heavy atom. The Morgan fingerprint density at radius 2 is 1.88 bits per heavy atom. The van der Waals surface area contributed by atoms with Gasteiger partial charge in [-0.1, -0.05) is 30.3 Å². The highest BCUT2D eigenvalue weighted by atomic mass is 16.5. The van der Waals surface area contributed by atoms with Gasteiger partial charge in [0.15, 0.2) is 0 Å². The van der Waals surface area contributed by atoms with E-state index in [2.05, 4.69) is 5.32 Å². The van der Waals surface area contributed by atoms with Gasteiger partial charge in [0.05, 0.1) is 5.92 Å². The largest absolute Gasteiger partial charge is 0.489 e. The Labute approximate surface area is 141 Å². The number of hydrogen-bond donors (Lipinski definition) is 1. The van der Waals surface area contributed by atoms with E-state index in [1.165, 1.54) is 0 Å². The van der Waals surface area contributed by atoms with Crippen LogP contribution in [0, 0.1) is 5.92 Å². The number of anilines is 1. The van der Waals surface area contributed by atoms with E-state index in [0.717, 1.165) is 17.0 Å². The second-order valence-electron chi connectivity index (χ2n) is 5.79. The molecule has 0 spiro atoms. The van der Waals surface area contributed by atoms with Gasteiger partial charge < -0.3 is 15.0 Å². The maximum Gasteiger partial charge on any atom is 0.227 e. The van der Waals surface area contributed by atoms with Crippen LogP contribution in [-0.2, 0) is 16.2 Å². The molecule has 24 heavy (non-hydrogen) atoms. The van der Waals surface area contributed by atoms with Gasteiger partial charge in [-0.25, -0.2) is 0 Å². The van der Waals surface area contributed by atoms with Crippen molar-refractivity contribution in [2.45, 2.75) is 13.0 Å². The van der Waals surface area contributed by atoms with Crippen LogP contribution in [0.25, 0.3) is 0 Å². The molecule has 0 unspecified atom stereocenters. The highest BCUT2D eigenvalue weighted by molar-refractivity contribution is 6.00. The van der Waals surface area contributed by atoms with Crippen LogP contribution in [0.1, 0.15) is 12.0 Å². The standard InChI is InChI=1S/C19H20N2O3/c1-20-19(23)15-11-18(22)21(12-15)16-7-9-17(10-8-16)24-13-14-5-3-2-4-6-14/h2-10,15H,11-13H2,1H3,(H,20,23)/t15-/m1/s1. The molecule has 1 saturated heterocycles. The van der Waals surface area contributed by atoms with Crippen LogP contribution in [0.5, 0.6) is 5.75 Å². The van der Waals surface area contributed by atoms with Crippen molar-refractivity contribution in [2.24, 2.45) is 5.92 Å². The van der Waals surface area contributed by atoms with E-state index in [1.54, 1.807) is 11.9 Å². The highest BCUT2D eigenvalue weighted by Crippen LogP contribution is 2.27. The molecule has 0 radical (unpaired) electrons. The maximum absolute atomic E-state index is 12.1. The second kappa shape index (κ2) is 7.17. The molecule has 0 aliphatic carbocycles. The third kappa shape index (κ3) is 3.56. The van der Waals surface area contributed by atoms with Crippen molar-refractivity contribution in [1.82, 2.24) is 5.32 Å². The van der Waals surface area contributed by atoms with Gasteiger partial charge in [0.1, 0.15) is 12.4 Å². The zero-order valence-electron chi connectivity index (χ0n) is 13.6. The van der Waals surface area contributed by atoms with Crippen LogP contribution < -0.4 is 15.0 Å². The molecule has 0 aromatic heterocycles. The summed E-state index contributed by atoms with van der Waals surface area (Å²) in [7, 11) is 1.59. The molecular weight excluding hydrogens is 304 g/mol. The number of ether oxygens (including phenoxy) is 1. The van der Waals surface area contributed by atoms with Crippen molar-refractivity contribution in [1.29, 1.82) is 0 Å². The summed E-state index contributed by atoms with van der Waals surface area (Å²) in [6.45, 7) is 0.921. The van der Waals surface area contributed by atoms with Gasteiger partial charge in [-0.2, -0.15) is 0 Å². The van der Waals surface area contributed by atoms with Crippen LogP contribution in [0.4, 0.5) is 5.69 Å². The molecule has 1 atom stereocenters. The molecular formula is C19H20N2O3. The van der Waals surface area contributed by atoms with Crippen molar-refractivity contribution in [3.05, 3.63) is 60.2 Å². The average molecular weight is 324 g/mol. The summed E-state index contributed by atoms with van der Waals surface area (Å²) in [6, 6.07) is 17.3. The molecule has 1 N–H and O–H groups in total. The zero-order chi connectivity index (χ0) is 16.9. The molecule has 5 nitrogen and oxygen atoms in total. The van der Waals surface area contributed by atoms with Crippen LogP contribution >= 0.6 is 0 Å². The van der Waals surface area contributed by atoms with E-state index >= 15 is 0 Å². The van der Waals surface area contributed by atoms with Crippen molar-refractivity contribution >= 4 is 17.5 Å².